The van der Waals surface area contributed by atoms with E-state index in [-0.39, 0.29) is 11.7 Å². The lowest BCUT2D eigenvalue weighted by Crippen LogP contribution is -2.20. The van der Waals surface area contributed by atoms with Crippen LogP contribution in [-0.4, -0.2) is 5.78 Å². The van der Waals surface area contributed by atoms with E-state index in [9.17, 15) is 4.79 Å². The third-order valence-electron chi connectivity index (χ3n) is 4.17. The monoisotopic (exact) mass is 281 g/mol. The highest BCUT2D eigenvalue weighted by Crippen LogP contribution is 2.31. The smallest absolute Gasteiger partial charge is 0.170 e. The van der Waals surface area contributed by atoms with Gasteiger partial charge in [0.05, 0.1) is 0 Å². The van der Waals surface area contributed by atoms with Gasteiger partial charge in [-0.25, -0.2) is 0 Å². The highest BCUT2D eigenvalue weighted by Gasteiger charge is 2.27. The Hall–Kier alpha value is -2.09. The summed E-state index contributed by atoms with van der Waals surface area (Å²) in [6.07, 6.45) is 0.972. The fourth-order valence-electron chi connectivity index (χ4n) is 2.77. The lowest BCUT2D eigenvalue weighted by atomic mass is 9.79. The number of Topliss-reactive ketones (excluding diaryl/α,β-unsaturated/α-hetero) is 1. The summed E-state index contributed by atoms with van der Waals surface area (Å²) in [7, 11) is 0. The molecule has 0 aromatic heterocycles. The quantitative estimate of drug-likeness (QED) is 0.643. The van der Waals surface area contributed by atoms with Crippen molar-refractivity contribution in [3.05, 3.63) is 65.2 Å². The number of benzene rings is 2. The zero-order valence-electron chi connectivity index (χ0n) is 13.0. The predicted octanol–water partition coefficient (Wildman–Crippen LogP) is 4.59. The van der Waals surface area contributed by atoms with Gasteiger partial charge >= 0.3 is 0 Å². The molecule has 110 valence electrons. The first-order valence-corrected chi connectivity index (χ1v) is 7.49. The summed E-state index contributed by atoms with van der Waals surface area (Å²) >= 11 is 0. The number of carbonyl (C=O) groups is 1. The van der Waals surface area contributed by atoms with Gasteiger partial charge in [0.1, 0.15) is 0 Å². The highest BCUT2D eigenvalue weighted by atomic mass is 16.1. The third-order valence-corrected chi connectivity index (χ3v) is 4.17. The van der Waals surface area contributed by atoms with Gasteiger partial charge in [-0.2, -0.15) is 0 Å². The Morgan fingerprint density at radius 1 is 1.14 bits per heavy atom. The summed E-state index contributed by atoms with van der Waals surface area (Å²) in [6.45, 7) is 6.22. The topological polar surface area (TPSA) is 43.1 Å². The normalized spacial score (nSPS) is 13.7. The standard InChI is InChI=1S/C19H23NO/c1-4-13(2)18(15-8-6-5-7-9-15)19(21)17-11-10-16(20)12-14(17)3/h5-13,18H,4,20H2,1-3H3. The zero-order valence-corrected chi connectivity index (χ0v) is 13.0. The molecule has 2 heteroatoms. The molecule has 2 nitrogen and oxygen atoms in total. The highest BCUT2D eigenvalue weighted by molar-refractivity contribution is 6.02. The van der Waals surface area contributed by atoms with Crippen LogP contribution in [0.1, 0.15) is 47.7 Å². The van der Waals surface area contributed by atoms with Crippen LogP contribution >= 0.6 is 0 Å². The molecule has 0 aliphatic carbocycles. The molecule has 0 spiro atoms. The van der Waals surface area contributed by atoms with Crippen LogP contribution in [0.25, 0.3) is 0 Å². The van der Waals surface area contributed by atoms with E-state index in [1.54, 1.807) is 6.07 Å². The molecule has 0 heterocycles. The van der Waals surface area contributed by atoms with Crippen molar-refractivity contribution in [1.82, 2.24) is 0 Å². The lowest BCUT2D eigenvalue weighted by molar-refractivity contribution is 0.0931. The molecule has 0 fully saturated rings. The molecule has 0 saturated carbocycles. The molecule has 2 unspecified atom stereocenters. The Balaban J connectivity index is 2.44. The van der Waals surface area contributed by atoms with Gasteiger partial charge in [0.25, 0.3) is 0 Å². The van der Waals surface area contributed by atoms with Crippen LogP contribution in [0.5, 0.6) is 0 Å². The number of rotatable bonds is 5. The van der Waals surface area contributed by atoms with Crippen molar-refractivity contribution in [2.75, 3.05) is 5.73 Å². The first kappa shape index (κ1) is 15.3. The van der Waals surface area contributed by atoms with Crippen LogP contribution in [0.15, 0.2) is 48.5 Å². The average molecular weight is 281 g/mol. The second-order valence-corrected chi connectivity index (χ2v) is 5.71. The molecule has 0 aliphatic rings. The van der Waals surface area contributed by atoms with Gasteiger partial charge in [-0.05, 0) is 42.2 Å². The molecule has 21 heavy (non-hydrogen) atoms. The van der Waals surface area contributed by atoms with E-state index in [4.69, 9.17) is 5.73 Å². The van der Waals surface area contributed by atoms with Crippen LogP contribution in [-0.2, 0) is 0 Å². The fourth-order valence-corrected chi connectivity index (χ4v) is 2.77. The van der Waals surface area contributed by atoms with E-state index in [0.29, 0.717) is 11.6 Å². The van der Waals surface area contributed by atoms with Crippen LogP contribution in [0.4, 0.5) is 5.69 Å². The second kappa shape index (κ2) is 6.57. The number of nitrogens with two attached hydrogens (primary N) is 1. The fraction of sp³-hybridized carbons (Fsp3) is 0.316. The lowest BCUT2D eigenvalue weighted by Gasteiger charge is -2.23. The van der Waals surface area contributed by atoms with Crippen LogP contribution in [0.2, 0.25) is 0 Å². The maximum absolute atomic E-state index is 13.0. The second-order valence-electron chi connectivity index (χ2n) is 5.71. The van der Waals surface area contributed by atoms with Crippen molar-refractivity contribution < 1.29 is 4.79 Å². The minimum Gasteiger partial charge on any atom is -0.399 e. The van der Waals surface area contributed by atoms with Gasteiger partial charge in [-0.1, -0.05) is 50.6 Å². The summed E-state index contributed by atoms with van der Waals surface area (Å²) in [6, 6.07) is 15.6. The van der Waals surface area contributed by atoms with Crippen LogP contribution in [0.3, 0.4) is 0 Å². The van der Waals surface area contributed by atoms with E-state index in [1.807, 2.05) is 49.4 Å². The molecule has 0 radical (unpaired) electrons. The van der Waals surface area contributed by atoms with E-state index < -0.39 is 0 Å². The number of aryl methyl sites for hydroxylation is 1. The number of ketones is 1. The number of anilines is 1. The van der Waals surface area contributed by atoms with Gasteiger partial charge < -0.3 is 5.73 Å². The number of carbonyl (C=O) groups excluding carboxylic acids is 1. The molecular weight excluding hydrogens is 258 g/mol. The van der Waals surface area contributed by atoms with E-state index in [2.05, 4.69) is 13.8 Å². The molecule has 0 amide bonds. The summed E-state index contributed by atoms with van der Waals surface area (Å²) in [5.41, 5.74) is 9.30. The molecule has 0 saturated heterocycles. The van der Waals surface area contributed by atoms with E-state index >= 15 is 0 Å². The van der Waals surface area contributed by atoms with Crippen LogP contribution in [0, 0.1) is 12.8 Å². The molecule has 0 aliphatic heterocycles. The molecular formula is C19H23NO. The van der Waals surface area contributed by atoms with Crippen molar-refractivity contribution in [2.45, 2.75) is 33.1 Å². The Morgan fingerprint density at radius 2 is 1.81 bits per heavy atom. The maximum Gasteiger partial charge on any atom is 0.170 e. The molecule has 0 bridgehead atoms. The minimum absolute atomic E-state index is 0.0986. The predicted molar refractivity (Wildman–Crippen MR) is 88.6 cm³/mol. The molecule has 2 aromatic carbocycles. The third kappa shape index (κ3) is 3.33. The van der Waals surface area contributed by atoms with E-state index in [1.165, 1.54) is 0 Å². The maximum atomic E-state index is 13.0. The Morgan fingerprint density at radius 3 is 2.38 bits per heavy atom. The Bertz CT molecular complexity index is 619. The van der Waals surface area contributed by atoms with Gasteiger partial charge in [0, 0.05) is 17.2 Å². The number of hydrogen-bond donors (Lipinski definition) is 1. The molecule has 2 aromatic rings. The summed E-state index contributed by atoms with van der Waals surface area (Å²) < 4.78 is 0. The summed E-state index contributed by atoms with van der Waals surface area (Å²) in [5, 5.41) is 0. The van der Waals surface area contributed by atoms with Crippen molar-refractivity contribution in [3.8, 4) is 0 Å². The van der Waals surface area contributed by atoms with Gasteiger partial charge in [0.2, 0.25) is 0 Å². The van der Waals surface area contributed by atoms with Crippen LogP contribution < -0.4 is 5.73 Å². The average Bonchev–Trinajstić information content (AvgIpc) is 2.48. The Labute approximate surface area is 127 Å². The first-order valence-electron chi connectivity index (χ1n) is 7.49. The molecule has 2 rings (SSSR count). The number of hydrogen-bond acceptors (Lipinski definition) is 2. The van der Waals surface area contributed by atoms with Crippen molar-refractivity contribution >= 4 is 11.5 Å². The zero-order chi connectivity index (χ0) is 15.4. The summed E-state index contributed by atoms with van der Waals surface area (Å²) in [5.74, 6) is 0.392. The van der Waals surface area contributed by atoms with Crippen molar-refractivity contribution in [3.63, 3.8) is 0 Å². The van der Waals surface area contributed by atoms with Gasteiger partial charge in [0.15, 0.2) is 5.78 Å². The first-order chi connectivity index (χ1) is 10.0. The largest absolute Gasteiger partial charge is 0.399 e. The van der Waals surface area contributed by atoms with Gasteiger partial charge in [-0.15, -0.1) is 0 Å². The van der Waals surface area contributed by atoms with Crippen molar-refractivity contribution in [1.29, 1.82) is 0 Å². The van der Waals surface area contributed by atoms with Gasteiger partial charge in [-0.3, -0.25) is 4.79 Å². The number of nitrogen functional groups attached to an aromatic ring is 1. The molecule has 2 N–H and O–H groups in total. The van der Waals surface area contributed by atoms with E-state index in [0.717, 1.165) is 23.1 Å². The summed E-state index contributed by atoms with van der Waals surface area (Å²) in [4.78, 5) is 13.0. The Kier molecular flexibility index (Phi) is 4.79. The minimum atomic E-state index is -0.0986. The molecule has 2 atom stereocenters. The van der Waals surface area contributed by atoms with Crippen molar-refractivity contribution in [2.24, 2.45) is 5.92 Å². The SMILES string of the molecule is CCC(C)C(C(=O)c1ccc(N)cc1C)c1ccccc1.